The van der Waals surface area contributed by atoms with Crippen molar-refractivity contribution in [2.24, 2.45) is 7.05 Å². The van der Waals surface area contributed by atoms with E-state index in [4.69, 9.17) is 5.11 Å². The molecule has 1 heterocycles. The number of rotatable bonds is 1. The van der Waals surface area contributed by atoms with Crippen LogP contribution in [0, 0.1) is 11.5 Å². The summed E-state index contributed by atoms with van der Waals surface area (Å²) in [6.07, 6.45) is 0. The Morgan fingerprint density at radius 1 is 1.39 bits per heavy atom. The lowest BCUT2D eigenvalue weighted by Crippen LogP contribution is -2.24. The third-order valence-electron chi connectivity index (χ3n) is 2.02. The van der Waals surface area contributed by atoms with Crippen LogP contribution in [0.2, 0.25) is 19.6 Å². The Kier molecular flexibility index (Phi) is 3.62. The van der Waals surface area contributed by atoms with E-state index >= 15 is 0 Å². The Bertz CT molecular complexity index is 617. The molecule has 0 saturated heterocycles. The summed E-state index contributed by atoms with van der Waals surface area (Å²) >= 11 is 0. The summed E-state index contributed by atoms with van der Waals surface area (Å²) in [5.74, 6) is 0.416. The van der Waals surface area contributed by atoms with Gasteiger partial charge in [-0.2, -0.15) is 0 Å². The molecule has 0 aromatic carbocycles. The molecule has 7 heteroatoms. The monoisotopic (exact) mass is 266 g/mol. The molecule has 2 N–H and O–H groups in total. The minimum Gasteiger partial charge on any atom is -0.501 e. The second-order valence-electron chi connectivity index (χ2n) is 4.80. The van der Waals surface area contributed by atoms with Crippen molar-refractivity contribution in [2.75, 3.05) is 0 Å². The first kappa shape index (κ1) is 14.0. The number of carboxylic acid groups (broad SMARTS) is 1. The van der Waals surface area contributed by atoms with Crippen molar-refractivity contribution in [3.8, 4) is 17.2 Å². The Labute approximate surface area is 105 Å². The van der Waals surface area contributed by atoms with E-state index in [9.17, 15) is 14.7 Å². The smallest absolute Gasteiger partial charge is 0.358 e. The Morgan fingerprint density at radius 3 is 2.39 bits per heavy atom. The van der Waals surface area contributed by atoms with Gasteiger partial charge in [-0.25, -0.2) is 9.78 Å². The summed E-state index contributed by atoms with van der Waals surface area (Å²) in [7, 11) is -0.281. The summed E-state index contributed by atoms with van der Waals surface area (Å²) in [6, 6.07) is 0. The number of carbonyl (C=O) groups is 1. The molecule has 0 spiro atoms. The summed E-state index contributed by atoms with van der Waals surface area (Å²) in [6.45, 7) is 6.03. The standard InChI is InChI=1S/C11H14N2O4Si/c1-13-7(5-6-18(2,3)4)12-8(11(16)17)9(14)10(13)15/h14H,1-4H3,(H,16,17). The van der Waals surface area contributed by atoms with Crippen molar-refractivity contribution < 1.29 is 15.0 Å². The van der Waals surface area contributed by atoms with Gasteiger partial charge in [0.1, 0.15) is 8.07 Å². The number of aromatic nitrogens is 2. The van der Waals surface area contributed by atoms with Gasteiger partial charge >= 0.3 is 5.97 Å². The highest BCUT2D eigenvalue weighted by Crippen LogP contribution is 2.08. The highest BCUT2D eigenvalue weighted by atomic mass is 28.3. The van der Waals surface area contributed by atoms with Gasteiger partial charge in [0, 0.05) is 7.05 Å². The van der Waals surface area contributed by atoms with Crippen molar-refractivity contribution in [3.63, 3.8) is 0 Å². The van der Waals surface area contributed by atoms with E-state index in [1.807, 2.05) is 19.6 Å². The number of aromatic hydroxyl groups is 1. The lowest BCUT2D eigenvalue weighted by Gasteiger charge is -2.06. The topological polar surface area (TPSA) is 92.4 Å². The highest BCUT2D eigenvalue weighted by molar-refractivity contribution is 6.83. The first-order valence-corrected chi connectivity index (χ1v) is 8.70. The van der Waals surface area contributed by atoms with Gasteiger partial charge in [-0.05, 0) is 5.92 Å². The molecule has 0 aliphatic carbocycles. The maximum Gasteiger partial charge on any atom is 0.358 e. The lowest BCUT2D eigenvalue weighted by atomic mass is 10.3. The van der Waals surface area contributed by atoms with Gasteiger partial charge in [0.05, 0.1) is 0 Å². The first-order valence-electron chi connectivity index (χ1n) is 5.20. The van der Waals surface area contributed by atoms with Crippen LogP contribution in [0.25, 0.3) is 0 Å². The number of nitrogens with zero attached hydrogens (tertiary/aromatic N) is 2. The second-order valence-corrected chi connectivity index (χ2v) is 9.55. The van der Waals surface area contributed by atoms with E-state index in [0.29, 0.717) is 0 Å². The summed E-state index contributed by atoms with van der Waals surface area (Å²) in [4.78, 5) is 26.1. The molecule has 1 rings (SSSR count). The molecule has 0 fully saturated rings. The Balaban J connectivity index is 3.51. The zero-order valence-electron chi connectivity index (χ0n) is 10.6. The normalized spacial score (nSPS) is 10.7. The van der Waals surface area contributed by atoms with Crippen LogP contribution >= 0.6 is 0 Å². The Morgan fingerprint density at radius 2 is 1.94 bits per heavy atom. The maximum absolute atomic E-state index is 11.6. The van der Waals surface area contributed by atoms with E-state index in [1.54, 1.807) is 0 Å². The SMILES string of the molecule is Cn1c(C#C[Si](C)(C)C)nc(C(=O)O)c(O)c1=O. The van der Waals surface area contributed by atoms with Gasteiger partial charge in [-0.1, -0.05) is 19.6 Å². The van der Waals surface area contributed by atoms with E-state index in [2.05, 4.69) is 16.4 Å². The third-order valence-corrected chi connectivity index (χ3v) is 2.89. The molecule has 18 heavy (non-hydrogen) atoms. The van der Waals surface area contributed by atoms with Crippen LogP contribution in [0.4, 0.5) is 0 Å². The number of aromatic carboxylic acids is 1. The quantitative estimate of drug-likeness (QED) is 0.567. The van der Waals surface area contributed by atoms with Crippen LogP contribution in [0.15, 0.2) is 4.79 Å². The molecular weight excluding hydrogens is 252 g/mol. The predicted octanol–water partition coefficient (Wildman–Crippen LogP) is 0.413. The second kappa shape index (κ2) is 4.66. The molecule has 0 aliphatic heterocycles. The van der Waals surface area contributed by atoms with Crippen LogP contribution in [0.1, 0.15) is 16.3 Å². The fourth-order valence-electron chi connectivity index (χ4n) is 1.09. The van der Waals surface area contributed by atoms with Gasteiger partial charge in [0.25, 0.3) is 5.56 Å². The van der Waals surface area contributed by atoms with Crippen molar-refractivity contribution in [1.29, 1.82) is 0 Å². The van der Waals surface area contributed by atoms with Gasteiger partial charge < -0.3 is 10.2 Å². The van der Waals surface area contributed by atoms with Crippen LogP contribution in [-0.4, -0.2) is 33.8 Å². The molecule has 0 bridgehead atoms. The van der Waals surface area contributed by atoms with Crippen molar-refractivity contribution in [1.82, 2.24) is 9.55 Å². The van der Waals surface area contributed by atoms with Crippen LogP contribution in [0.5, 0.6) is 5.75 Å². The fourth-order valence-corrected chi connectivity index (χ4v) is 1.58. The van der Waals surface area contributed by atoms with Crippen LogP contribution in [0.3, 0.4) is 0 Å². The molecular formula is C11H14N2O4Si. The third kappa shape index (κ3) is 2.98. The van der Waals surface area contributed by atoms with Crippen molar-refractivity contribution in [2.45, 2.75) is 19.6 Å². The lowest BCUT2D eigenvalue weighted by molar-refractivity contribution is 0.0686. The molecule has 0 unspecified atom stereocenters. The summed E-state index contributed by atoms with van der Waals surface area (Å²) in [5.41, 5.74) is 1.50. The van der Waals surface area contributed by atoms with Gasteiger partial charge in [-0.3, -0.25) is 9.36 Å². The Hall–Kier alpha value is -2.07. The number of hydrogen-bond donors (Lipinski definition) is 2. The molecule has 1 aromatic rings. The minimum atomic E-state index is -1.66. The van der Waals surface area contributed by atoms with E-state index in [1.165, 1.54) is 7.05 Å². The average molecular weight is 266 g/mol. The molecule has 0 radical (unpaired) electrons. The van der Waals surface area contributed by atoms with Gasteiger partial charge in [0.15, 0.2) is 11.5 Å². The minimum absolute atomic E-state index is 0.0395. The number of carboxylic acids is 1. The number of hydrogen-bond acceptors (Lipinski definition) is 4. The van der Waals surface area contributed by atoms with E-state index < -0.39 is 31.0 Å². The van der Waals surface area contributed by atoms with Crippen molar-refractivity contribution >= 4 is 14.0 Å². The van der Waals surface area contributed by atoms with Gasteiger partial charge in [-0.15, -0.1) is 5.54 Å². The zero-order chi connectivity index (χ0) is 14.1. The average Bonchev–Trinajstić information content (AvgIpc) is 2.23. The highest BCUT2D eigenvalue weighted by Gasteiger charge is 2.18. The largest absolute Gasteiger partial charge is 0.501 e. The molecule has 0 amide bonds. The predicted molar refractivity (Wildman–Crippen MR) is 68.3 cm³/mol. The van der Waals surface area contributed by atoms with Crippen LogP contribution < -0.4 is 5.56 Å². The molecule has 1 aromatic heterocycles. The fraction of sp³-hybridized carbons (Fsp3) is 0.364. The van der Waals surface area contributed by atoms with Crippen LogP contribution in [-0.2, 0) is 7.05 Å². The zero-order valence-corrected chi connectivity index (χ0v) is 11.6. The molecule has 6 nitrogen and oxygen atoms in total. The molecule has 96 valence electrons. The maximum atomic E-state index is 11.6. The van der Waals surface area contributed by atoms with E-state index in [-0.39, 0.29) is 5.82 Å². The van der Waals surface area contributed by atoms with E-state index in [0.717, 1.165) is 4.57 Å². The summed E-state index contributed by atoms with van der Waals surface area (Å²) in [5, 5.41) is 18.2. The molecule has 0 aliphatic rings. The molecule has 0 atom stereocenters. The molecule has 0 saturated carbocycles. The van der Waals surface area contributed by atoms with Gasteiger partial charge in [0.2, 0.25) is 5.75 Å². The summed E-state index contributed by atoms with van der Waals surface area (Å²) < 4.78 is 1.04. The first-order chi connectivity index (χ1) is 8.13. The van der Waals surface area contributed by atoms with Crippen molar-refractivity contribution in [3.05, 3.63) is 21.9 Å².